The van der Waals surface area contributed by atoms with E-state index in [0.29, 0.717) is 6.61 Å². The van der Waals surface area contributed by atoms with Gasteiger partial charge in [0, 0.05) is 13.1 Å². The highest BCUT2D eigenvalue weighted by Gasteiger charge is 2.17. The van der Waals surface area contributed by atoms with Gasteiger partial charge in [-0.3, -0.25) is 0 Å². The van der Waals surface area contributed by atoms with Gasteiger partial charge in [0.2, 0.25) is 0 Å². The smallest absolute Gasteiger partial charge is 0.0691 e. The summed E-state index contributed by atoms with van der Waals surface area (Å²) in [5.41, 5.74) is 0. The minimum Gasteiger partial charge on any atom is -0.305 e. The van der Waals surface area contributed by atoms with Crippen LogP contribution in [0.3, 0.4) is 0 Å². The summed E-state index contributed by atoms with van der Waals surface area (Å²) in [6.45, 7) is 6.64. The van der Waals surface area contributed by atoms with Gasteiger partial charge in [-0.15, -0.1) is 0 Å². The molecule has 1 atom stereocenters. The second-order valence-electron chi connectivity index (χ2n) is 3.42. The second-order valence-corrected chi connectivity index (χ2v) is 3.42. The van der Waals surface area contributed by atoms with Gasteiger partial charge in [-0.25, -0.2) is 5.90 Å². The molecule has 1 aliphatic heterocycles. The van der Waals surface area contributed by atoms with E-state index in [-0.39, 0.29) is 0 Å². The van der Waals surface area contributed by atoms with E-state index in [4.69, 9.17) is 5.90 Å². The van der Waals surface area contributed by atoms with E-state index in [9.17, 15) is 0 Å². The fourth-order valence-electron chi connectivity index (χ4n) is 1.60. The average molecular weight is 158 g/mol. The van der Waals surface area contributed by atoms with Crippen molar-refractivity contribution in [2.24, 2.45) is 11.8 Å². The first-order chi connectivity index (χ1) is 5.33. The fourth-order valence-corrected chi connectivity index (χ4v) is 1.60. The van der Waals surface area contributed by atoms with Gasteiger partial charge < -0.3 is 9.74 Å². The van der Waals surface area contributed by atoms with Gasteiger partial charge in [0.25, 0.3) is 0 Å². The van der Waals surface area contributed by atoms with Crippen molar-refractivity contribution in [3.63, 3.8) is 0 Å². The molecular weight excluding hydrogens is 140 g/mol. The van der Waals surface area contributed by atoms with Crippen LogP contribution < -0.4 is 5.90 Å². The molecule has 1 aliphatic rings. The third-order valence-electron chi connectivity index (χ3n) is 2.24. The van der Waals surface area contributed by atoms with Crippen molar-refractivity contribution in [1.82, 2.24) is 4.90 Å². The standard InChI is InChI=1S/C8H18N2O/c1-8-3-5-10(7-8)4-2-6-11-9/h8H,2-7,9H2,1H3. The van der Waals surface area contributed by atoms with Crippen LogP contribution in [0.2, 0.25) is 0 Å². The summed E-state index contributed by atoms with van der Waals surface area (Å²) in [7, 11) is 0. The average Bonchev–Trinajstić information content (AvgIpc) is 2.37. The molecule has 0 radical (unpaired) electrons. The molecule has 0 aromatic heterocycles. The summed E-state index contributed by atoms with van der Waals surface area (Å²) in [5.74, 6) is 5.81. The van der Waals surface area contributed by atoms with Crippen LogP contribution in [0.25, 0.3) is 0 Å². The molecule has 0 amide bonds. The minimum atomic E-state index is 0.685. The van der Waals surface area contributed by atoms with Gasteiger partial charge >= 0.3 is 0 Å². The number of hydrogen-bond acceptors (Lipinski definition) is 3. The molecule has 0 aliphatic carbocycles. The Morgan fingerprint density at radius 1 is 1.64 bits per heavy atom. The number of nitrogens with two attached hydrogens (primary N) is 1. The first-order valence-electron chi connectivity index (χ1n) is 4.37. The Morgan fingerprint density at radius 2 is 2.45 bits per heavy atom. The molecule has 11 heavy (non-hydrogen) atoms. The van der Waals surface area contributed by atoms with E-state index in [0.717, 1.165) is 18.9 Å². The Bertz CT molecular complexity index is 108. The van der Waals surface area contributed by atoms with Crippen LogP contribution in [0.5, 0.6) is 0 Å². The predicted molar refractivity (Wildman–Crippen MR) is 45.0 cm³/mol. The van der Waals surface area contributed by atoms with Gasteiger partial charge in [-0.05, 0) is 25.3 Å². The molecule has 2 N–H and O–H groups in total. The van der Waals surface area contributed by atoms with Crippen LogP contribution in [0.4, 0.5) is 0 Å². The van der Waals surface area contributed by atoms with Crippen LogP contribution in [0, 0.1) is 5.92 Å². The Kier molecular flexibility index (Phi) is 3.83. The largest absolute Gasteiger partial charge is 0.305 e. The molecule has 0 saturated carbocycles. The molecule has 0 aromatic rings. The summed E-state index contributed by atoms with van der Waals surface area (Å²) in [5, 5.41) is 0. The van der Waals surface area contributed by atoms with E-state index in [1.807, 2.05) is 0 Å². The molecule has 0 aromatic carbocycles. The Morgan fingerprint density at radius 3 is 3.00 bits per heavy atom. The van der Waals surface area contributed by atoms with Crippen LogP contribution in [-0.2, 0) is 4.84 Å². The molecule has 1 unspecified atom stereocenters. The van der Waals surface area contributed by atoms with Crippen molar-refractivity contribution in [3.8, 4) is 0 Å². The topological polar surface area (TPSA) is 38.5 Å². The first kappa shape index (κ1) is 8.97. The highest BCUT2D eigenvalue weighted by atomic mass is 16.6. The Balaban J connectivity index is 1.99. The molecule has 1 rings (SSSR count). The van der Waals surface area contributed by atoms with Gasteiger partial charge in [0.05, 0.1) is 6.61 Å². The highest BCUT2D eigenvalue weighted by Crippen LogP contribution is 2.14. The van der Waals surface area contributed by atoms with Gasteiger partial charge in [0.1, 0.15) is 0 Å². The van der Waals surface area contributed by atoms with Gasteiger partial charge in [-0.1, -0.05) is 6.92 Å². The fraction of sp³-hybridized carbons (Fsp3) is 1.00. The maximum Gasteiger partial charge on any atom is 0.0691 e. The third kappa shape index (κ3) is 3.18. The van der Waals surface area contributed by atoms with Crippen molar-refractivity contribution in [3.05, 3.63) is 0 Å². The summed E-state index contributed by atoms with van der Waals surface area (Å²) in [4.78, 5) is 6.98. The quantitative estimate of drug-likeness (QED) is 0.481. The first-order valence-corrected chi connectivity index (χ1v) is 4.37. The molecule has 66 valence electrons. The Hall–Kier alpha value is -0.120. The molecule has 3 nitrogen and oxygen atoms in total. The molecule has 3 heteroatoms. The lowest BCUT2D eigenvalue weighted by molar-refractivity contribution is 0.126. The lowest BCUT2D eigenvalue weighted by Crippen LogP contribution is -2.22. The summed E-state index contributed by atoms with van der Waals surface area (Å²) >= 11 is 0. The van der Waals surface area contributed by atoms with Crippen molar-refractivity contribution in [2.45, 2.75) is 19.8 Å². The van der Waals surface area contributed by atoms with Crippen LogP contribution >= 0.6 is 0 Å². The number of nitrogens with zero attached hydrogens (tertiary/aromatic N) is 1. The lowest BCUT2D eigenvalue weighted by atomic mass is 10.2. The second kappa shape index (κ2) is 4.70. The van der Waals surface area contributed by atoms with E-state index >= 15 is 0 Å². The van der Waals surface area contributed by atoms with Gasteiger partial charge in [0.15, 0.2) is 0 Å². The zero-order valence-corrected chi connectivity index (χ0v) is 7.25. The molecular formula is C8H18N2O. The highest BCUT2D eigenvalue weighted by molar-refractivity contribution is 4.71. The summed E-state index contributed by atoms with van der Waals surface area (Å²) in [6, 6.07) is 0. The monoisotopic (exact) mass is 158 g/mol. The lowest BCUT2D eigenvalue weighted by Gasteiger charge is -2.13. The summed E-state index contributed by atoms with van der Waals surface area (Å²) < 4.78 is 0. The summed E-state index contributed by atoms with van der Waals surface area (Å²) in [6.07, 6.45) is 2.41. The van der Waals surface area contributed by atoms with Crippen LogP contribution in [0.1, 0.15) is 19.8 Å². The maximum absolute atomic E-state index is 4.92. The molecule has 0 bridgehead atoms. The third-order valence-corrected chi connectivity index (χ3v) is 2.24. The van der Waals surface area contributed by atoms with E-state index < -0.39 is 0 Å². The molecule has 1 saturated heterocycles. The van der Waals surface area contributed by atoms with E-state index in [1.54, 1.807) is 0 Å². The zero-order chi connectivity index (χ0) is 8.10. The number of rotatable bonds is 4. The van der Waals surface area contributed by atoms with E-state index in [1.165, 1.54) is 19.5 Å². The Labute approximate surface area is 68.5 Å². The van der Waals surface area contributed by atoms with Crippen molar-refractivity contribution >= 4 is 0 Å². The van der Waals surface area contributed by atoms with E-state index in [2.05, 4.69) is 16.7 Å². The molecule has 1 fully saturated rings. The van der Waals surface area contributed by atoms with Gasteiger partial charge in [-0.2, -0.15) is 0 Å². The number of hydrogen-bond donors (Lipinski definition) is 1. The van der Waals surface area contributed by atoms with Crippen molar-refractivity contribution < 1.29 is 4.84 Å². The normalized spacial score (nSPS) is 26.2. The molecule has 1 heterocycles. The predicted octanol–water partition coefficient (Wildman–Crippen LogP) is 0.609. The van der Waals surface area contributed by atoms with Crippen LogP contribution in [-0.4, -0.2) is 31.1 Å². The maximum atomic E-state index is 4.92. The molecule has 0 spiro atoms. The minimum absolute atomic E-state index is 0.685. The van der Waals surface area contributed by atoms with Crippen molar-refractivity contribution in [2.75, 3.05) is 26.2 Å². The van der Waals surface area contributed by atoms with Crippen LogP contribution in [0.15, 0.2) is 0 Å². The number of likely N-dealkylation sites (tertiary alicyclic amines) is 1. The SMILES string of the molecule is CC1CCN(CCCON)C1. The van der Waals surface area contributed by atoms with Crippen molar-refractivity contribution in [1.29, 1.82) is 0 Å². The zero-order valence-electron chi connectivity index (χ0n) is 7.25.